The summed E-state index contributed by atoms with van der Waals surface area (Å²) >= 11 is 0. The van der Waals surface area contributed by atoms with Gasteiger partial charge in [0.25, 0.3) is 0 Å². The number of likely N-dealkylation sites (tertiary alicyclic amines) is 2. The SMILES string of the molecule is CC(C)(C)OC(=O)N1CCC(=O)CC1.CCOC(=O)C(OCc1ccccc1)C1(O)CCN(C(=O)OC(C)(C)C)CC1.CCOC(=O)COCc1ccccc1. The lowest BCUT2D eigenvalue weighted by atomic mass is 9.85. The molecule has 2 fully saturated rings. The number of carbonyl (C=O) groups is 5. The van der Waals surface area contributed by atoms with Gasteiger partial charge in [0.2, 0.25) is 0 Å². The van der Waals surface area contributed by atoms with E-state index >= 15 is 0 Å². The Morgan fingerprint density at radius 2 is 1.14 bits per heavy atom. The Morgan fingerprint density at radius 1 is 0.696 bits per heavy atom. The molecule has 4 rings (SSSR count). The minimum atomic E-state index is -1.40. The largest absolute Gasteiger partial charge is 0.464 e. The maximum atomic E-state index is 12.5. The number of ether oxygens (including phenoxy) is 6. The molecule has 2 saturated heterocycles. The molecule has 2 amide bonds. The zero-order chi connectivity index (χ0) is 41.8. The second-order valence-corrected chi connectivity index (χ2v) is 15.3. The molecule has 0 radical (unpaired) electrons. The van der Waals surface area contributed by atoms with E-state index in [0.29, 0.717) is 39.1 Å². The zero-order valence-corrected chi connectivity index (χ0v) is 34.4. The molecule has 2 aromatic carbocycles. The highest BCUT2D eigenvalue weighted by Crippen LogP contribution is 2.30. The lowest BCUT2D eigenvalue weighted by molar-refractivity contribution is -0.185. The second-order valence-electron chi connectivity index (χ2n) is 15.3. The first kappa shape index (κ1) is 47.6. The normalized spacial score (nSPS) is 15.8. The van der Waals surface area contributed by atoms with Gasteiger partial charge in [0.05, 0.1) is 26.4 Å². The Morgan fingerprint density at radius 3 is 1.59 bits per heavy atom. The number of hydrogen-bond donors (Lipinski definition) is 1. The van der Waals surface area contributed by atoms with Crippen molar-refractivity contribution in [2.45, 2.75) is 117 Å². The molecule has 2 heterocycles. The summed E-state index contributed by atoms with van der Waals surface area (Å²) in [7, 11) is 0. The number of benzene rings is 2. The standard InChI is InChI=1S/C21H31NO6.C11H14O3.C10H17NO3/c1-5-26-18(23)17(27-15-16-9-7-6-8-10-16)21(25)11-13-22(14-12-21)19(24)28-20(2,3)4;1-2-14-11(12)9-13-8-10-6-4-3-5-7-10;1-10(2,3)14-9(13)11-6-4-8(12)5-7-11/h6-10,17,25H,5,11-15H2,1-4H3;3-7H,2,8-9H2,1H3;4-7H2,1-3H3. The van der Waals surface area contributed by atoms with E-state index in [-0.39, 0.29) is 63.6 Å². The number of ketones is 1. The van der Waals surface area contributed by atoms with E-state index < -0.39 is 35.0 Å². The number of rotatable bonds is 11. The first-order valence-electron chi connectivity index (χ1n) is 19.1. The third-order valence-corrected chi connectivity index (χ3v) is 8.14. The van der Waals surface area contributed by atoms with Gasteiger partial charge in [0.15, 0.2) is 6.10 Å². The van der Waals surface area contributed by atoms with Crippen molar-refractivity contribution in [3.8, 4) is 0 Å². The fourth-order valence-corrected chi connectivity index (χ4v) is 5.37. The van der Waals surface area contributed by atoms with E-state index in [9.17, 15) is 29.1 Å². The molecule has 312 valence electrons. The number of esters is 2. The van der Waals surface area contributed by atoms with Crippen molar-refractivity contribution in [1.82, 2.24) is 9.80 Å². The smallest absolute Gasteiger partial charge is 0.410 e. The third-order valence-electron chi connectivity index (χ3n) is 8.14. The van der Waals surface area contributed by atoms with Crippen molar-refractivity contribution in [1.29, 1.82) is 0 Å². The van der Waals surface area contributed by atoms with E-state index in [2.05, 4.69) is 0 Å². The molecule has 1 N–H and O–H groups in total. The van der Waals surface area contributed by atoms with Crippen LogP contribution in [-0.2, 0) is 56.0 Å². The van der Waals surface area contributed by atoms with Crippen LogP contribution in [0.25, 0.3) is 0 Å². The Labute approximate surface area is 331 Å². The first-order valence-corrected chi connectivity index (χ1v) is 19.1. The van der Waals surface area contributed by atoms with E-state index in [4.69, 9.17) is 28.4 Å². The first-order chi connectivity index (χ1) is 26.4. The fraction of sp³-hybridized carbons (Fsp3) is 0.595. The molecule has 1 atom stereocenters. The lowest BCUT2D eigenvalue weighted by Crippen LogP contribution is -2.56. The minimum absolute atomic E-state index is 0.0166. The predicted molar refractivity (Wildman–Crippen MR) is 208 cm³/mol. The highest BCUT2D eigenvalue weighted by molar-refractivity contribution is 5.81. The summed E-state index contributed by atoms with van der Waals surface area (Å²) in [6.45, 7) is 17.2. The van der Waals surface area contributed by atoms with Crippen LogP contribution in [0.15, 0.2) is 60.7 Å². The number of piperidine rings is 2. The molecular weight excluding hydrogens is 724 g/mol. The Hall–Kier alpha value is -4.53. The van der Waals surface area contributed by atoms with Crippen LogP contribution < -0.4 is 0 Å². The van der Waals surface area contributed by atoms with Crippen LogP contribution in [-0.4, -0.2) is 114 Å². The summed E-state index contributed by atoms with van der Waals surface area (Å²) in [6.07, 6.45) is -0.543. The number of nitrogens with zero attached hydrogens (tertiary/aromatic N) is 2. The van der Waals surface area contributed by atoms with Crippen molar-refractivity contribution in [2.75, 3.05) is 46.0 Å². The van der Waals surface area contributed by atoms with Gasteiger partial charge in [-0.3, -0.25) is 4.79 Å². The van der Waals surface area contributed by atoms with Crippen LogP contribution in [0.1, 0.15) is 92.2 Å². The van der Waals surface area contributed by atoms with E-state index in [1.165, 1.54) is 0 Å². The molecule has 14 nitrogen and oxygen atoms in total. The minimum Gasteiger partial charge on any atom is -0.464 e. The molecule has 14 heteroatoms. The number of carbonyl (C=O) groups excluding carboxylic acids is 5. The summed E-state index contributed by atoms with van der Waals surface area (Å²) in [5, 5.41) is 11.1. The van der Waals surface area contributed by atoms with Gasteiger partial charge in [-0.2, -0.15) is 0 Å². The van der Waals surface area contributed by atoms with Crippen LogP contribution in [0, 0.1) is 0 Å². The summed E-state index contributed by atoms with van der Waals surface area (Å²) in [5.74, 6) is -0.681. The van der Waals surface area contributed by atoms with Gasteiger partial charge in [0.1, 0.15) is 29.2 Å². The average Bonchev–Trinajstić information content (AvgIpc) is 3.12. The molecule has 0 spiro atoms. The molecule has 2 aromatic rings. The fourth-order valence-electron chi connectivity index (χ4n) is 5.37. The van der Waals surface area contributed by atoms with E-state index in [0.717, 1.165) is 11.1 Å². The second kappa shape index (κ2) is 23.5. The molecule has 2 aliphatic heterocycles. The molecule has 0 aromatic heterocycles. The zero-order valence-electron chi connectivity index (χ0n) is 34.4. The number of aliphatic hydroxyl groups is 1. The molecule has 0 bridgehead atoms. The van der Waals surface area contributed by atoms with Crippen molar-refractivity contribution >= 4 is 29.9 Å². The number of amides is 2. The van der Waals surface area contributed by atoms with Crippen molar-refractivity contribution in [2.24, 2.45) is 0 Å². The third kappa shape index (κ3) is 18.9. The summed E-state index contributed by atoms with van der Waals surface area (Å²) in [5.41, 5.74) is -0.502. The summed E-state index contributed by atoms with van der Waals surface area (Å²) < 4.78 is 31.4. The predicted octanol–water partition coefficient (Wildman–Crippen LogP) is 6.25. The van der Waals surface area contributed by atoms with Crippen LogP contribution in [0.3, 0.4) is 0 Å². The topological polar surface area (TPSA) is 167 Å². The monoisotopic (exact) mass is 786 g/mol. The van der Waals surface area contributed by atoms with Crippen molar-refractivity contribution in [3.05, 3.63) is 71.8 Å². The van der Waals surface area contributed by atoms with E-state index in [1.807, 2.05) is 81.4 Å². The van der Waals surface area contributed by atoms with Gasteiger partial charge >= 0.3 is 24.1 Å². The highest BCUT2D eigenvalue weighted by Gasteiger charge is 2.46. The van der Waals surface area contributed by atoms with Crippen LogP contribution >= 0.6 is 0 Å². The van der Waals surface area contributed by atoms with Crippen LogP contribution in [0.2, 0.25) is 0 Å². The molecule has 2 aliphatic rings. The van der Waals surface area contributed by atoms with Gasteiger partial charge in [0, 0.05) is 39.0 Å². The van der Waals surface area contributed by atoms with Crippen molar-refractivity contribution < 1.29 is 57.5 Å². The molecule has 0 saturated carbocycles. The number of Topliss-reactive ketones (excluding diaryl/α,β-unsaturated/α-hetero) is 1. The maximum absolute atomic E-state index is 12.5. The Bertz CT molecular complexity index is 1490. The quantitative estimate of drug-likeness (QED) is 0.201. The summed E-state index contributed by atoms with van der Waals surface area (Å²) in [4.78, 5) is 61.2. The van der Waals surface area contributed by atoms with Gasteiger partial charge in [-0.05, 0) is 79.4 Å². The maximum Gasteiger partial charge on any atom is 0.410 e. The Kier molecular flexibility index (Phi) is 20.0. The number of hydrogen-bond acceptors (Lipinski definition) is 12. The molecular formula is C42H62N2O12. The van der Waals surface area contributed by atoms with Crippen molar-refractivity contribution in [3.63, 3.8) is 0 Å². The summed E-state index contributed by atoms with van der Waals surface area (Å²) in [6, 6.07) is 19.1. The van der Waals surface area contributed by atoms with E-state index in [1.54, 1.807) is 44.4 Å². The highest BCUT2D eigenvalue weighted by atomic mass is 16.6. The van der Waals surface area contributed by atoms with Gasteiger partial charge < -0.3 is 43.3 Å². The van der Waals surface area contributed by atoms with Gasteiger partial charge in [-0.25, -0.2) is 19.2 Å². The van der Waals surface area contributed by atoms with Crippen LogP contribution in [0.4, 0.5) is 9.59 Å². The molecule has 56 heavy (non-hydrogen) atoms. The molecule has 0 aliphatic carbocycles. The van der Waals surface area contributed by atoms with Gasteiger partial charge in [-0.1, -0.05) is 60.7 Å². The van der Waals surface area contributed by atoms with Crippen LogP contribution in [0.5, 0.6) is 0 Å². The average molecular weight is 787 g/mol. The van der Waals surface area contributed by atoms with Gasteiger partial charge in [-0.15, -0.1) is 0 Å². The molecule has 1 unspecified atom stereocenters. The lowest BCUT2D eigenvalue weighted by Gasteiger charge is -2.41. The Balaban J connectivity index is 0.000000323.